The first-order valence-corrected chi connectivity index (χ1v) is 43.2. The van der Waals surface area contributed by atoms with E-state index in [1.807, 2.05) is 0 Å². The van der Waals surface area contributed by atoms with Gasteiger partial charge in [0.1, 0.15) is 84.6 Å². The number of rotatable bonds is 58. The molecule has 1 saturated heterocycles. The minimum absolute atomic E-state index is 0.0803. The van der Waals surface area contributed by atoms with E-state index in [0.29, 0.717) is 54.3 Å². The maximum Gasteiger partial charge on any atom is 0.326 e. The van der Waals surface area contributed by atoms with Crippen LogP contribution in [0.1, 0.15) is 153 Å². The number of hydrogen-bond acceptors (Lipinski definition) is 25. The zero-order valence-electron chi connectivity index (χ0n) is 73.8. The molecule has 0 bridgehead atoms. The molecule has 0 unspecified atom stereocenters. The highest BCUT2D eigenvalue weighted by atomic mass is 16.4. The number of aliphatic carboxylic acids is 3. The number of aromatic amines is 3. The molecular formula is C84H121N25O23. The van der Waals surface area contributed by atoms with E-state index in [1.165, 1.54) is 57.6 Å². The molecule has 1 fully saturated rings. The first-order valence-electron chi connectivity index (χ1n) is 43.2. The van der Waals surface area contributed by atoms with Crippen molar-refractivity contribution in [2.45, 2.75) is 247 Å². The van der Waals surface area contributed by atoms with Crippen LogP contribution >= 0.6 is 0 Å². The van der Waals surface area contributed by atoms with Crippen LogP contribution in [0.3, 0.4) is 0 Å². The smallest absolute Gasteiger partial charge is 0.326 e. The number of carbonyl (C=O) groups excluding carboxylic acids is 17. The molecule has 720 valence electrons. The lowest BCUT2D eigenvalue weighted by Gasteiger charge is -2.30. The van der Waals surface area contributed by atoms with Crippen molar-refractivity contribution >= 4 is 129 Å². The van der Waals surface area contributed by atoms with E-state index in [0.717, 1.165) is 0 Å². The number of amides is 17. The van der Waals surface area contributed by atoms with Crippen LogP contribution in [-0.2, 0) is 122 Å². The van der Waals surface area contributed by atoms with Crippen LogP contribution in [0.2, 0.25) is 0 Å². The summed E-state index contributed by atoms with van der Waals surface area (Å²) in [6.07, 6.45) is 3.69. The third-order valence-electron chi connectivity index (χ3n) is 21.7. The van der Waals surface area contributed by atoms with Crippen molar-refractivity contribution in [2.75, 3.05) is 26.2 Å². The Morgan fingerprint density at radius 1 is 0.462 bits per heavy atom. The molecule has 0 saturated carbocycles. The fourth-order valence-corrected chi connectivity index (χ4v) is 14.1. The van der Waals surface area contributed by atoms with Crippen molar-refractivity contribution in [1.82, 2.24) is 104 Å². The zero-order chi connectivity index (χ0) is 97.4. The van der Waals surface area contributed by atoms with Crippen LogP contribution < -0.4 is 103 Å². The first-order chi connectivity index (χ1) is 62.7. The van der Waals surface area contributed by atoms with Crippen molar-refractivity contribution in [3.63, 3.8) is 0 Å². The van der Waals surface area contributed by atoms with Crippen molar-refractivity contribution < 1.29 is 111 Å². The Bertz CT molecular complexity index is 4820. The molecule has 0 spiro atoms. The molecule has 2 aromatic carbocycles. The fourth-order valence-electron chi connectivity index (χ4n) is 14.1. The summed E-state index contributed by atoms with van der Waals surface area (Å²) < 4.78 is 0. The van der Waals surface area contributed by atoms with Gasteiger partial charge < -0.3 is 138 Å². The number of likely N-dealkylation sites (tertiary alicyclic amines) is 1. The maximum absolute atomic E-state index is 15.2. The molecule has 48 nitrogen and oxygen atoms in total. The van der Waals surface area contributed by atoms with Gasteiger partial charge in [0.05, 0.1) is 49.5 Å². The molecule has 17 amide bonds. The Hall–Kier alpha value is -14.3. The SMILES string of the molecule is CC[C@H](C)[C@H](NC(=O)[C@H](CC(=O)O)NC(=O)[C@H](CCCCN)NC(=O)CNC(=O)[C@H](CC(N)=O)NC(=O)[C@H](CCC(N)=O)NC(=O)[C@H](Cc1c[nH]cn1)NC(=O)[C@H](Cc1c[nH]cn1)NC(=O)[C@H](Cc1ccccc1)NC(=O)[C@H](Cc1c[nH]c2ccccc12)NC(=O)[C@@H]1CCCN1C(=O)[C@H](C)NC(=O)[C@@H](N)CCCCN)C(=O)N[C@@H](C)C(=O)N[C@@H](C)C(=O)N[C@@H](CCC(=O)O)C(=O)O. The van der Waals surface area contributed by atoms with E-state index in [-0.39, 0.29) is 69.4 Å². The third kappa shape index (κ3) is 34.9. The summed E-state index contributed by atoms with van der Waals surface area (Å²) in [5, 5.41) is 63.4. The van der Waals surface area contributed by atoms with Gasteiger partial charge >= 0.3 is 17.9 Å². The number of imidazole rings is 2. The predicted molar refractivity (Wildman–Crippen MR) is 469 cm³/mol. The second kappa shape index (κ2) is 53.6. The summed E-state index contributed by atoms with van der Waals surface area (Å²) in [6.45, 7) is 6.55. The maximum atomic E-state index is 15.2. The zero-order valence-corrected chi connectivity index (χ0v) is 73.8. The van der Waals surface area contributed by atoms with Gasteiger partial charge in [-0.1, -0.05) is 75.2 Å². The fraction of sp³-hybridized carbons (Fsp3) is 0.524. The summed E-state index contributed by atoms with van der Waals surface area (Å²) in [5.41, 5.74) is 30.7. The average Bonchev–Trinajstić information content (AvgIpc) is 1.59. The highest BCUT2D eigenvalue weighted by molar-refractivity contribution is 6.02. The standard InChI is InChI=1S/C84H121N25O23/c1-6-43(2)69(82(129)97-44(3)70(117)96-45(4)71(118)101-56(84(131)132)25-27-67(113)114)108-80(127)62(36-68(115)116)106-74(121)54(22-13-15-29-86)99-66(112)40-93-73(120)61(35-65(89)111)105-75(122)55(24-26-64(88)110)100-78(125)59(33-49-38-90-41-94-49)104-79(126)60(34-50-39-91-42-95-50)103-76(123)57(31-47-17-8-7-9-18-47)102-77(124)58(32-48-37-92-53-21-11-10-19-51(48)53)107-81(128)63-23-16-30-109(63)83(130)46(5)98-72(119)52(87)20-12-14-28-85/h7-11,17-19,21,37-39,41-46,52,54-63,69,92H,6,12-16,20,22-36,40,85-87H2,1-5H3,(H2,88,110)(H2,89,111)(H,90,94)(H,91,95)(H,93,120)(H,96,117)(H,97,129)(H,98,119)(H,99,112)(H,100,125)(H,101,118)(H,102,124)(H,103,123)(H,104,126)(H,105,122)(H,106,121)(H,107,128)(H,108,127)(H,113,114)(H,115,116)(H,131,132)/t43-,44-,45-,46-,52-,54-,55-,56-,57-,58-,59-,60-,61-,62-,63-,69-/m0/s1. The minimum atomic E-state index is -1.98. The Labute approximate surface area is 757 Å². The number of hydrogen-bond donors (Lipinski definition) is 25. The van der Waals surface area contributed by atoms with Crippen LogP contribution in [0, 0.1) is 5.92 Å². The number of primary amides is 2. The first kappa shape index (κ1) is 106. The Morgan fingerprint density at radius 2 is 0.947 bits per heavy atom. The van der Waals surface area contributed by atoms with Crippen LogP contribution in [0.4, 0.5) is 0 Å². The lowest BCUT2D eigenvalue weighted by molar-refractivity contribution is -0.144. The van der Waals surface area contributed by atoms with E-state index < -0.39 is 273 Å². The number of carboxylic acids is 3. The van der Waals surface area contributed by atoms with Crippen molar-refractivity contribution in [1.29, 1.82) is 0 Å². The van der Waals surface area contributed by atoms with Crippen LogP contribution in [0.25, 0.3) is 10.9 Å². The lowest BCUT2D eigenvalue weighted by atomic mass is 9.97. The van der Waals surface area contributed by atoms with E-state index >= 15 is 14.4 Å². The molecule has 48 heteroatoms. The van der Waals surface area contributed by atoms with E-state index in [1.54, 1.807) is 67.7 Å². The lowest BCUT2D eigenvalue weighted by Crippen LogP contribution is -2.61. The second-order valence-electron chi connectivity index (χ2n) is 32.1. The van der Waals surface area contributed by atoms with Gasteiger partial charge in [0.25, 0.3) is 0 Å². The molecule has 0 radical (unpaired) electrons. The van der Waals surface area contributed by atoms with Crippen LogP contribution in [0.5, 0.6) is 0 Å². The number of fused-ring (bicyclic) bond motifs is 1. The Kier molecular flexibility index (Phi) is 43.2. The molecule has 16 atom stereocenters. The van der Waals surface area contributed by atoms with Crippen LogP contribution in [-0.4, -0.2) is 280 Å². The van der Waals surface area contributed by atoms with Crippen molar-refractivity contribution in [3.05, 3.63) is 108 Å². The van der Waals surface area contributed by atoms with Gasteiger partial charge in [-0.15, -0.1) is 0 Å². The van der Waals surface area contributed by atoms with Gasteiger partial charge in [-0.05, 0) is 115 Å². The quantitative estimate of drug-likeness (QED) is 0.0161. The summed E-state index contributed by atoms with van der Waals surface area (Å²) in [4.78, 5) is 291. The molecule has 30 N–H and O–H groups in total. The number of carboxylic acid groups (broad SMARTS) is 3. The van der Waals surface area contributed by atoms with Crippen molar-refractivity contribution in [2.24, 2.45) is 34.6 Å². The normalized spacial score (nSPS) is 15.7. The molecule has 1 aliphatic rings. The number of nitrogens with one attached hydrogen (secondary N) is 17. The number of para-hydroxylation sites is 1. The number of benzene rings is 2. The second-order valence-corrected chi connectivity index (χ2v) is 32.1. The van der Waals surface area contributed by atoms with Gasteiger partial charge in [0.2, 0.25) is 100 Å². The van der Waals surface area contributed by atoms with Gasteiger partial charge in [-0.3, -0.25) is 91.1 Å². The molecule has 4 heterocycles. The minimum Gasteiger partial charge on any atom is -0.481 e. The number of aromatic nitrogens is 5. The third-order valence-corrected chi connectivity index (χ3v) is 21.7. The molecular weight excluding hydrogens is 1730 g/mol. The van der Waals surface area contributed by atoms with Gasteiger partial charge in [0, 0.05) is 74.6 Å². The summed E-state index contributed by atoms with van der Waals surface area (Å²) in [7, 11) is 0. The van der Waals surface area contributed by atoms with E-state index in [2.05, 4.69) is 99.4 Å². The van der Waals surface area contributed by atoms with Gasteiger partial charge in [-0.25, -0.2) is 14.8 Å². The molecule has 6 rings (SSSR count). The molecule has 132 heavy (non-hydrogen) atoms. The highest BCUT2D eigenvalue weighted by Gasteiger charge is 2.42. The van der Waals surface area contributed by atoms with Crippen LogP contribution in [0.15, 0.2) is 85.8 Å². The largest absolute Gasteiger partial charge is 0.481 e. The highest BCUT2D eigenvalue weighted by Crippen LogP contribution is 2.23. The number of nitrogens with two attached hydrogens (primary N) is 5. The topological polar surface area (TPSA) is 777 Å². The predicted octanol–water partition coefficient (Wildman–Crippen LogP) is -6.45. The Balaban J connectivity index is 1.19. The molecule has 3 aromatic heterocycles. The van der Waals surface area contributed by atoms with Crippen molar-refractivity contribution in [3.8, 4) is 0 Å². The number of unbranched alkanes of at least 4 members (excludes halogenated alkanes) is 2. The molecule has 0 aliphatic carbocycles. The monoisotopic (exact) mass is 1850 g/mol. The molecule has 1 aliphatic heterocycles. The van der Waals surface area contributed by atoms with E-state index in [4.69, 9.17) is 33.8 Å². The van der Waals surface area contributed by atoms with E-state index in [9.17, 15) is 91.7 Å². The number of H-pyrrole nitrogens is 3. The summed E-state index contributed by atoms with van der Waals surface area (Å²) in [6, 6.07) is -7.52. The number of carbonyl (C=O) groups is 20. The summed E-state index contributed by atoms with van der Waals surface area (Å²) >= 11 is 0. The summed E-state index contributed by atoms with van der Waals surface area (Å²) in [5.74, 6) is -22.5. The average molecular weight is 1850 g/mol. The van der Waals surface area contributed by atoms with Gasteiger partial charge in [-0.2, -0.15) is 0 Å². The Morgan fingerprint density at radius 3 is 1.48 bits per heavy atom. The van der Waals surface area contributed by atoms with Gasteiger partial charge in [0.15, 0.2) is 0 Å². The number of nitrogens with zero attached hydrogens (tertiary/aromatic N) is 3. The molecule has 5 aromatic rings.